The molecule has 7 heteroatoms. The van der Waals surface area contributed by atoms with Crippen molar-refractivity contribution in [2.24, 2.45) is 17.3 Å². The molecule has 0 radical (unpaired) electrons. The van der Waals surface area contributed by atoms with Crippen LogP contribution < -0.4 is 0 Å². The van der Waals surface area contributed by atoms with Crippen molar-refractivity contribution in [3.63, 3.8) is 0 Å². The Labute approximate surface area is 243 Å². The number of alkyl halides is 3. The number of amides is 1. The summed E-state index contributed by atoms with van der Waals surface area (Å²) >= 11 is 0. The molecular formula is C34H45F3N2O2. The molecule has 1 aliphatic heterocycles. The van der Waals surface area contributed by atoms with Crippen molar-refractivity contribution in [1.29, 1.82) is 0 Å². The summed E-state index contributed by atoms with van der Waals surface area (Å²) in [6.07, 6.45) is 2.01. The lowest BCUT2D eigenvalue weighted by Gasteiger charge is -2.49. The Bertz CT molecular complexity index is 1160. The fraction of sp³-hybridized carbons (Fsp3) is 0.588. The molecule has 4 atom stereocenters. The van der Waals surface area contributed by atoms with E-state index in [0.717, 1.165) is 61.8 Å². The molecule has 0 N–H and O–H groups in total. The highest BCUT2D eigenvalue weighted by Gasteiger charge is 2.41. The van der Waals surface area contributed by atoms with Crippen molar-refractivity contribution >= 4 is 11.7 Å². The van der Waals surface area contributed by atoms with E-state index in [1.807, 2.05) is 30.3 Å². The van der Waals surface area contributed by atoms with Crippen molar-refractivity contribution < 1.29 is 22.8 Å². The molecule has 2 fully saturated rings. The van der Waals surface area contributed by atoms with Crippen LogP contribution in [0.5, 0.6) is 0 Å². The first-order chi connectivity index (χ1) is 19.3. The SMILES string of the molecule is CC(=O)C1CCCCC(CC(=O)N2CCN(C(c3ccccc3)c3ccc(C(F)(F)F)cc3)C[C@@H]2C(C)(C)C)CC1. The van der Waals surface area contributed by atoms with Crippen LogP contribution in [0.1, 0.15) is 95.4 Å². The number of carbonyl (C=O) groups is 2. The van der Waals surface area contributed by atoms with Crippen LogP contribution in [0.2, 0.25) is 0 Å². The molecule has 4 nitrogen and oxygen atoms in total. The average molecular weight is 571 g/mol. The van der Waals surface area contributed by atoms with Crippen LogP contribution >= 0.6 is 0 Å². The normalized spacial score (nSPS) is 23.9. The lowest BCUT2D eigenvalue weighted by molar-refractivity contribution is -0.141. The van der Waals surface area contributed by atoms with Crippen LogP contribution in [0.15, 0.2) is 54.6 Å². The first kappa shape index (κ1) is 31.3. The van der Waals surface area contributed by atoms with Gasteiger partial charge in [0, 0.05) is 38.0 Å². The summed E-state index contributed by atoms with van der Waals surface area (Å²) in [5.74, 6) is 0.869. The zero-order valence-corrected chi connectivity index (χ0v) is 24.9. The van der Waals surface area contributed by atoms with Crippen molar-refractivity contribution in [2.45, 2.75) is 90.9 Å². The predicted molar refractivity (Wildman–Crippen MR) is 156 cm³/mol. The van der Waals surface area contributed by atoms with Gasteiger partial charge in [0.05, 0.1) is 11.6 Å². The van der Waals surface area contributed by atoms with Crippen LogP contribution in [-0.2, 0) is 15.8 Å². The van der Waals surface area contributed by atoms with Crippen LogP contribution in [0.25, 0.3) is 0 Å². The standard InChI is InChI=1S/C34H45F3N2O2/c1-24(40)26-11-9-8-10-25(14-15-26)22-31(41)39-21-20-38(23-30(39)33(2,3)4)32(27-12-6-5-7-13-27)28-16-18-29(19-17-28)34(35,36)37/h5-7,12-13,16-19,25-26,30,32H,8-11,14-15,20-23H2,1-4H3/t25?,26?,30-,32?/m1/s1. The van der Waals surface area contributed by atoms with E-state index in [0.29, 0.717) is 32.0 Å². The smallest absolute Gasteiger partial charge is 0.337 e. The van der Waals surface area contributed by atoms with Gasteiger partial charge in [-0.1, -0.05) is 76.1 Å². The van der Waals surface area contributed by atoms with Crippen LogP contribution in [0.4, 0.5) is 13.2 Å². The fourth-order valence-electron chi connectivity index (χ4n) is 6.71. The van der Waals surface area contributed by atoms with Gasteiger partial charge in [-0.2, -0.15) is 13.2 Å². The molecule has 41 heavy (non-hydrogen) atoms. The van der Waals surface area contributed by atoms with E-state index in [1.165, 1.54) is 0 Å². The summed E-state index contributed by atoms with van der Waals surface area (Å²) < 4.78 is 39.9. The predicted octanol–water partition coefficient (Wildman–Crippen LogP) is 7.92. The first-order valence-electron chi connectivity index (χ1n) is 15.1. The summed E-state index contributed by atoms with van der Waals surface area (Å²) in [7, 11) is 0. The van der Waals surface area contributed by atoms with Gasteiger partial charge in [0.15, 0.2) is 0 Å². The van der Waals surface area contributed by atoms with Gasteiger partial charge in [0.1, 0.15) is 5.78 Å². The van der Waals surface area contributed by atoms with Crippen molar-refractivity contribution in [1.82, 2.24) is 9.80 Å². The molecule has 1 saturated heterocycles. The number of Topliss-reactive ketones (excluding diaryl/α,β-unsaturated/α-hetero) is 1. The van der Waals surface area contributed by atoms with Crippen LogP contribution in [0, 0.1) is 17.3 Å². The average Bonchev–Trinajstić information content (AvgIpc) is 2.90. The molecule has 1 saturated carbocycles. The van der Waals surface area contributed by atoms with E-state index in [2.05, 4.69) is 30.6 Å². The number of benzene rings is 2. The van der Waals surface area contributed by atoms with E-state index >= 15 is 0 Å². The lowest BCUT2D eigenvalue weighted by Crippen LogP contribution is -2.60. The maximum Gasteiger partial charge on any atom is 0.416 e. The highest BCUT2D eigenvalue weighted by molar-refractivity contribution is 5.78. The Morgan fingerprint density at radius 3 is 2.10 bits per heavy atom. The van der Waals surface area contributed by atoms with E-state index in [4.69, 9.17) is 0 Å². The third-order valence-electron chi connectivity index (χ3n) is 9.14. The Kier molecular flexibility index (Phi) is 9.99. The Balaban J connectivity index is 1.54. The molecule has 4 rings (SSSR count). The highest BCUT2D eigenvalue weighted by Crippen LogP contribution is 2.38. The Morgan fingerprint density at radius 1 is 0.854 bits per heavy atom. The number of hydrogen-bond acceptors (Lipinski definition) is 3. The quantitative estimate of drug-likeness (QED) is 0.354. The number of halogens is 3. The summed E-state index contributed by atoms with van der Waals surface area (Å²) in [4.78, 5) is 30.2. The summed E-state index contributed by atoms with van der Waals surface area (Å²) in [6.45, 7) is 10.0. The zero-order chi connectivity index (χ0) is 29.8. The van der Waals surface area contributed by atoms with Gasteiger partial charge in [0.2, 0.25) is 5.91 Å². The van der Waals surface area contributed by atoms with Gasteiger partial charge < -0.3 is 4.90 Å². The summed E-state index contributed by atoms with van der Waals surface area (Å²) in [6, 6.07) is 15.2. The third kappa shape index (κ3) is 8.00. The zero-order valence-electron chi connectivity index (χ0n) is 24.9. The van der Waals surface area contributed by atoms with Gasteiger partial charge in [0.25, 0.3) is 0 Å². The van der Waals surface area contributed by atoms with Gasteiger partial charge in [-0.05, 0) is 67.2 Å². The fourth-order valence-corrected chi connectivity index (χ4v) is 6.71. The van der Waals surface area contributed by atoms with Gasteiger partial charge >= 0.3 is 6.18 Å². The summed E-state index contributed by atoms with van der Waals surface area (Å²) in [5, 5.41) is 0. The monoisotopic (exact) mass is 570 g/mol. The Hall–Kier alpha value is -2.67. The number of piperazine rings is 1. The second-order valence-electron chi connectivity index (χ2n) is 13.1. The molecule has 0 spiro atoms. The van der Waals surface area contributed by atoms with Crippen LogP contribution in [-0.4, -0.2) is 47.2 Å². The van der Waals surface area contributed by atoms with Gasteiger partial charge in [-0.3, -0.25) is 14.5 Å². The number of rotatable bonds is 6. The van der Waals surface area contributed by atoms with Crippen molar-refractivity contribution in [3.05, 3.63) is 71.3 Å². The molecule has 0 bridgehead atoms. The Morgan fingerprint density at radius 2 is 1.49 bits per heavy atom. The van der Waals surface area contributed by atoms with E-state index in [-0.39, 0.29) is 35.1 Å². The first-order valence-corrected chi connectivity index (χ1v) is 15.1. The number of nitrogens with zero attached hydrogens (tertiary/aromatic N) is 2. The lowest BCUT2D eigenvalue weighted by atomic mass is 9.81. The number of ketones is 1. The second kappa shape index (κ2) is 13.1. The highest BCUT2D eigenvalue weighted by atomic mass is 19.4. The number of carbonyl (C=O) groups excluding carboxylic acids is 2. The van der Waals surface area contributed by atoms with E-state index in [9.17, 15) is 22.8 Å². The molecule has 3 unspecified atom stereocenters. The minimum Gasteiger partial charge on any atom is -0.337 e. The largest absolute Gasteiger partial charge is 0.416 e. The van der Waals surface area contributed by atoms with Gasteiger partial charge in [-0.15, -0.1) is 0 Å². The van der Waals surface area contributed by atoms with E-state index < -0.39 is 11.7 Å². The minimum atomic E-state index is -4.38. The maximum atomic E-state index is 13.8. The molecule has 0 aromatic heterocycles. The van der Waals surface area contributed by atoms with Crippen molar-refractivity contribution in [2.75, 3.05) is 19.6 Å². The third-order valence-corrected chi connectivity index (χ3v) is 9.14. The summed E-state index contributed by atoms with van der Waals surface area (Å²) in [5.41, 5.74) is 0.997. The molecule has 1 amide bonds. The second-order valence-corrected chi connectivity index (χ2v) is 13.1. The maximum absolute atomic E-state index is 13.8. The molecule has 2 aliphatic rings. The minimum absolute atomic E-state index is 0.0389. The molecular weight excluding hydrogens is 525 g/mol. The molecule has 1 heterocycles. The van der Waals surface area contributed by atoms with Crippen LogP contribution in [0.3, 0.4) is 0 Å². The van der Waals surface area contributed by atoms with Crippen molar-refractivity contribution in [3.8, 4) is 0 Å². The number of hydrogen-bond donors (Lipinski definition) is 0. The molecule has 224 valence electrons. The van der Waals surface area contributed by atoms with Gasteiger partial charge in [-0.25, -0.2) is 0 Å². The molecule has 2 aromatic rings. The molecule has 1 aliphatic carbocycles. The topological polar surface area (TPSA) is 40.6 Å². The molecule has 2 aromatic carbocycles. The van der Waals surface area contributed by atoms with E-state index in [1.54, 1.807) is 19.1 Å².